The molecule has 25 heavy (non-hydrogen) atoms. The lowest BCUT2D eigenvalue weighted by atomic mass is 10.2. The van der Waals surface area contributed by atoms with Gasteiger partial charge >= 0.3 is 0 Å². The van der Waals surface area contributed by atoms with E-state index in [1.165, 1.54) is 5.56 Å². The Morgan fingerprint density at radius 1 is 1.20 bits per heavy atom. The number of halogens is 2. The van der Waals surface area contributed by atoms with E-state index >= 15 is 0 Å². The maximum absolute atomic E-state index is 4.89. The molecule has 1 fully saturated rings. The number of hydrogen-bond acceptors (Lipinski definition) is 4. The van der Waals surface area contributed by atoms with Crippen LogP contribution in [0.3, 0.4) is 0 Å². The molecule has 8 heteroatoms. The molecular formula is C17H23BrIN5O. The maximum atomic E-state index is 4.89. The van der Waals surface area contributed by atoms with Crippen LogP contribution in [0.1, 0.15) is 11.3 Å². The predicted molar refractivity (Wildman–Crippen MR) is 113 cm³/mol. The molecule has 0 unspecified atom stereocenters. The van der Waals surface area contributed by atoms with Gasteiger partial charge in [-0.25, -0.2) is 0 Å². The van der Waals surface area contributed by atoms with Gasteiger partial charge in [-0.1, -0.05) is 33.2 Å². The quantitative estimate of drug-likeness (QED) is 0.382. The van der Waals surface area contributed by atoms with Crippen molar-refractivity contribution < 1.29 is 4.52 Å². The van der Waals surface area contributed by atoms with Gasteiger partial charge in [0, 0.05) is 56.9 Å². The largest absolute Gasteiger partial charge is 0.364 e. The highest BCUT2D eigenvalue weighted by molar-refractivity contribution is 14.0. The molecule has 1 aliphatic rings. The molecule has 136 valence electrons. The second-order valence-corrected chi connectivity index (χ2v) is 6.70. The van der Waals surface area contributed by atoms with Crippen molar-refractivity contribution in [1.82, 2.24) is 20.3 Å². The molecule has 0 bridgehead atoms. The lowest BCUT2D eigenvalue weighted by molar-refractivity contribution is 0.169. The van der Waals surface area contributed by atoms with Crippen LogP contribution >= 0.6 is 39.9 Å². The SMILES string of the molecule is CN=C(NCc1ccc(Br)cc1)N1CCN(Cc2ccon2)CC1.I. The van der Waals surface area contributed by atoms with Crippen LogP contribution < -0.4 is 5.32 Å². The molecule has 0 amide bonds. The number of aliphatic imine (C=N–C) groups is 1. The molecule has 6 nitrogen and oxygen atoms in total. The van der Waals surface area contributed by atoms with E-state index in [1.54, 1.807) is 6.26 Å². The second kappa shape index (κ2) is 10.1. The third-order valence-electron chi connectivity index (χ3n) is 4.12. The molecule has 0 saturated carbocycles. The van der Waals surface area contributed by atoms with Crippen molar-refractivity contribution in [3.05, 3.63) is 52.3 Å². The van der Waals surface area contributed by atoms with Gasteiger partial charge in [0.25, 0.3) is 0 Å². The Morgan fingerprint density at radius 2 is 1.92 bits per heavy atom. The van der Waals surface area contributed by atoms with Crippen molar-refractivity contribution in [2.45, 2.75) is 13.1 Å². The standard InChI is InChI=1S/C17H22BrN5O.HI/c1-19-17(20-12-14-2-4-15(18)5-3-14)23-9-7-22(8-10-23)13-16-6-11-24-21-16;/h2-6,11H,7-10,12-13H2,1H3,(H,19,20);1H. The lowest BCUT2D eigenvalue weighted by Crippen LogP contribution is -2.52. The molecule has 1 aliphatic heterocycles. The molecule has 1 aromatic heterocycles. The summed E-state index contributed by atoms with van der Waals surface area (Å²) in [4.78, 5) is 9.11. The molecule has 0 radical (unpaired) electrons. The van der Waals surface area contributed by atoms with E-state index in [1.807, 2.05) is 13.1 Å². The van der Waals surface area contributed by atoms with Gasteiger partial charge in [0.1, 0.15) is 6.26 Å². The van der Waals surface area contributed by atoms with Crippen molar-refractivity contribution in [2.24, 2.45) is 4.99 Å². The van der Waals surface area contributed by atoms with Crippen molar-refractivity contribution in [2.75, 3.05) is 33.2 Å². The highest BCUT2D eigenvalue weighted by Crippen LogP contribution is 2.11. The van der Waals surface area contributed by atoms with Crippen molar-refractivity contribution in [1.29, 1.82) is 0 Å². The van der Waals surface area contributed by atoms with Gasteiger partial charge in [0.05, 0.1) is 5.69 Å². The first kappa shape index (κ1) is 20.2. The second-order valence-electron chi connectivity index (χ2n) is 5.78. The molecule has 0 spiro atoms. The molecule has 1 aromatic carbocycles. The minimum absolute atomic E-state index is 0. The number of benzene rings is 1. The van der Waals surface area contributed by atoms with Crippen LogP contribution in [0.2, 0.25) is 0 Å². The van der Waals surface area contributed by atoms with E-state index in [4.69, 9.17) is 4.52 Å². The van der Waals surface area contributed by atoms with Gasteiger partial charge in [-0.3, -0.25) is 9.89 Å². The molecule has 0 aliphatic carbocycles. The summed E-state index contributed by atoms with van der Waals surface area (Å²) in [6.07, 6.45) is 1.62. The Balaban J connectivity index is 0.00000225. The molecule has 2 heterocycles. The third kappa shape index (κ3) is 5.96. The van der Waals surface area contributed by atoms with Crippen LogP contribution in [0.25, 0.3) is 0 Å². The number of guanidine groups is 1. The van der Waals surface area contributed by atoms with Gasteiger partial charge in [-0.05, 0) is 17.7 Å². The molecule has 0 atom stereocenters. The fourth-order valence-electron chi connectivity index (χ4n) is 2.78. The summed E-state index contributed by atoms with van der Waals surface area (Å²) in [5.74, 6) is 0.957. The number of piperazine rings is 1. The first-order valence-electron chi connectivity index (χ1n) is 8.06. The number of hydrogen-bond donors (Lipinski definition) is 1. The number of nitrogens with one attached hydrogen (secondary N) is 1. The molecular weight excluding hydrogens is 497 g/mol. The van der Waals surface area contributed by atoms with Gasteiger partial charge in [0.15, 0.2) is 5.96 Å². The average Bonchev–Trinajstić information content (AvgIpc) is 3.11. The minimum Gasteiger partial charge on any atom is -0.364 e. The highest BCUT2D eigenvalue weighted by atomic mass is 127. The monoisotopic (exact) mass is 519 g/mol. The van der Waals surface area contributed by atoms with E-state index in [0.29, 0.717) is 0 Å². The zero-order chi connectivity index (χ0) is 16.8. The van der Waals surface area contributed by atoms with E-state index in [9.17, 15) is 0 Å². The third-order valence-corrected chi connectivity index (χ3v) is 4.65. The van der Waals surface area contributed by atoms with Gasteiger partial charge in [-0.2, -0.15) is 0 Å². The highest BCUT2D eigenvalue weighted by Gasteiger charge is 2.20. The van der Waals surface area contributed by atoms with Crippen LogP contribution in [0.15, 0.2) is 50.6 Å². The predicted octanol–water partition coefficient (Wildman–Crippen LogP) is 2.95. The summed E-state index contributed by atoms with van der Waals surface area (Å²) < 4.78 is 5.99. The van der Waals surface area contributed by atoms with Crippen LogP contribution in [-0.2, 0) is 13.1 Å². The van der Waals surface area contributed by atoms with Crippen molar-refractivity contribution in [3.8, 4) is 0 Å². The van der Waals surface area contributed by atoms with Gasteiger partial charge < -0.3 is 14.7 Å². The maximum Gasteiger partial charge on any atom is 0.194 e. The number of nitrogens with zero attached hydrogens (tertiary/aromatic N) is 4. The van der Waals surface area contributed by atoms with Gasteiger partial charge in [0.2, 0.25) is 0 Å². The lowest BCUT2D eigenvalue weighted by Gasteiger charge is -2.36. The van der Waals surface area contributed by atoms with Crippen LogP contribution in [0.4, 0.5) is 0 Å². The first-order chi connectivity index (χ1) is 11.7. The topological polar surface area (TPSA) is 56.9 Å². The summed E-state index contributed by atoms with van der Waals surface area (Å²) in [6.45, 7) is 5.52. The Labute approximate surface area is 173 Å². The summed E-state index contributed by atoms with van der Waals surface area (Å²) in [7, 11) is 1.84. The molecule has 3 rings (SSSR count). The molecule has 1 saturated heterocycles. The molecule has 1 N–H and O–H groups in total. The summed E-state index contributed by atoms with van der Waals surface area (Å²) in [5, 5.41) is 7.43. The minimum atomic E-state index is 0. The average molecular weight is 520 g/mol. The number of aromatic nitrogens is 1. The normalized spacial score (nSPS) is 15.8. The van der Waals surface area contributed by atoms with Crippen molar-refractivity contribution in [3.63, 3.8) is 0 Å². The zero-order valence-corrected chi connectivity index (χ0v) is 18.1. The van der Waals surface area contributed by atoms with Crippen LogP contribution in [-0.4, -0.2) is 54.1 Å². The Hall–Kier alpha value is -1.13. The summed E-state index contributed by atoms with van der Waals surface area (Å²) in [6, 6.07) is 10.3. The molecule has 2 aromatic rings. The van der Waals surface area contributed by atoms with E-state index < -0.39 is 0 Å². The van der Waals surface area contributed by atoms with E-state index in [0.717, 1.165) is 55.4 Å². The fourth-order valence-corrected chi connectivity index (χ4v) is 3.05. The summed E-state index contributed by atoms with van der Waals surface area (Å²) >= 11 is 3.46. The Kier molecular flexibility index (Phi) is 8.17. The number of rotatable bonds is 4. The van der Waals surface area contributed by atoms with Crippen LogP contribution in [0.5, 0.6) is 0 Å². The van der Waals surface area contributed by atoms with E-state index in [2.05, 4.69) is 65.5 Å². The van der Waals surface area contributed by atoms with E-state index in [-0.39, 0.29) is 24.0 Å². The Morgan fingerprint density at radius 3 is 2.52 bits per heavy atom. The first-order valence-corrected chi connectivity index (χ1v) is 8.85. The summed E-state index contributed by atoms with van der Waals surface area (Å²) in [5.41, 5.74) is 2.23. The fraction of sp³-hybridized carbons (Fsp3) is 0.412. The van der Waals surface area contributed by atoms with Crippen LogP contribution in [0, 0.1) is 0 Å². The van der Waals surface area contributed by atoms with Gasteiger partial charge in [-0.15, -0.1) is 24.0 Å². The smallest absolute Gasteiger partial charge is 0.194 e. The van der Waals surface area contributed by atoms with Crippen molar-refractivity contribution >= 4 is 45.9 Å². The zero-order valence-electron chi connectivity index (χ0n) is 14.2. The Bertz CT molecular complexity index is 654.